The van der Waals surface area contributed by atoms with Gasteiger partial charge in [-0.15, -0.1) is 0 Å². The van der Waals surface area contributed by atoms with Crippen molar-refractivity contribution in [2.45, 2.75) is 31.8 Å². The van der Waals surface area contributed by atoms with Crippen molar-refractivity contribution in [1.82, 2.24) is 4.90 Å². The number of aliphatic imine (C=N–C) groups is 1. The van der Waals surface area contributed by atoms with Gasteiger partial charge in [0, 0.05) is 24.6 Å². The highest BCUT2D eigenvalue weighted by molar-refractivity contribution is 7.99. The van der Waals surface area contributed by atoms with Crippen LogP contribution in [-0.4, -0.2) is 54.7 Å². The summed E-state index contributed by atoms with van der Waals surface area (Å²) in [6.45, 7) is 3.48. The van der Waals surface area contributed by atoms with Crippen LogP contribution in [0.2, 0.25) is 0 Å². The number of hydrogen-bond donors (Lipinski definition) is 1. The van der Waals surface area contributed by atoms with E-state index in [4.69, 9.17) is 10.5 Å². The minimum absolute atomic E-state index is 0.484. The molecule has 1 saturated carbocycles. The van der Waals surface area contributed by atoms with Crippen LogP contribution in [0.15, 0.2) is 4.99 Å². The van der Waals surface area contributed by atoms with Crippen LogP contribution in [0.1, 0.15) is 25.7 Å². The molecule has 0 radical (unpaired) electrons. The van der Waals surface area contributed by atoms with Crippen molar-refractivity contribution in [3.8, 4) is 0 Å². The maximum Gasteiger partial charge on any atom is 0.191 e. The van der Waals surface area contributed by atoms with Crippen LogP contribution in [0, 0.1) is 0 Å². The molecule has 0 atom stereocenters. The molecule has 5 heteroatoms. The highest BCUT2D eigenvalue weighted by atomic mass is 32.2. The van der Waals surface area contributed by atoms with Crippen LogP contribution in [0.25, 0.3) is 0 Å². The summed E-state index contributed by atoms with van der Waals surface area (Å²) >= 11 is 1.98. The Balaban J connectivity index is 1.61. The lowest BCUT2D eigenvalue weighted by atomic mass is 10.3. The van der Waals surface area contributed by atoms with Crippen LogP contribution >= 0.6 is 11.8 Å². The Bertz CT molecular complexity index is 248. The topological polar surface area (TPSA) is 50.9 Å². The summed E-state index contributed by atoms with van der Waals surface area (Å²) in [4.78, 5) is 6.57. The summed E-state index contributed by atoms with van der Waals surface area (Å²) in [7, 11) is 0. The molecule has 2 N–H and O–H groups in total. The molecule has 4 nitrogen and oxygen atoms in total. The van der Waals surface area contributed by atoms with Crippen molar-refractivity contribution in [1.29, 1.82) is 0 Å². The van der Waals surface area contributed by atoms with Crippen molar-refractivity contribution in [2.75, 3.05) is 37.7 Å². The summed E-state index contributed by atoms with van der Waals surface area (Å²) in [6, 6.07) is 0. The van der Waals surface area contributed by atoms with Crippen LogP contribution < -0.4 is 5.73 Å². The number of hydrogen-bond acceptors (Lipinski definition) is 3. The molecule has 0 amide bonds. The van der Waals surface area contributed by atoms with E-state index in [-0.39, 0.29) is 0 Å². The normalized spacial score (nSPS) is 23.3. The molecule has 0 spiro atoms. The number of ether oxygens (including phenoxy) is 1. The highest BCUT2D eigenvalue weighted by Crippen LogP contribution is 2.20. The molecule has 0 aromatic heterocycles. The molecular weight excluding hydrogens is 234 g/mol. The molecule has 0 unspecified atom stereocenters. The zero-order valence-corrected chi connectivity index (χ0v) is 11.3. The second-order valence-corrected chi connectivity index (χ2v) is 5.84. The van der Waals surface area contributed by atoms with Crippen molar-refractivity contribution < 1.29 is 4.74 Å². The fraction of sp³-hybridized carbons (Fsp3) is 0.917. The lowest BCUT2D eigenvalue weighted by molar-refractivity contribution is 0.0642. The Morgan fingerprint density at radius 3 is 2.71 bits per heavy atom. The van der Waals surface area contributed by atoms with Gasteiger partial charge in [0.1, 0.15) is 0 Å². The van der Waals surface area contributed by atoms with Gasteiger partial charge < -0.3 is 15.4 Å². The summed E-state index contributed by atoms with van der Waals surface area (Å²) in [5.74, 6) is 3.02. The Morgan fingerprint density at radius 2 is 2.00 bits per heavy atom. The Morgan fingerprint density at radius 1 is 1.29 bits per heavy atom. The molecule has 1 aliphatic heterocycles. The Kier molecular flexibility index (Phi) is 5.45. The predicted molar refractivity (Wildman–Crippen MR) is 73.6 cm³/mol. The van der Waals surface area contributed by atoms with Gasteiger partial charge in [0.05, 0.1) is 19.3 Å². The van der Waals surface area contributed by atoms with Crippen LogP contribution in [0.5, 0.6) is 0 Å². The van der Waals surface area contributed by atoms with Gasteiger partial charge in [-0.1, -0.05) is 12.8 Å². The molecule has 2 rings (SSSR count). The van der Waals surface area contributed by atoms with E-state index < -0.39 is 0 Å². The zero-order chi connectivity index (χ0) is 11.9. The number of thioether (sulfide) groups is 1. The van der Waals surface area contributed by atoms with E-state index >= 15 is 0 Å². The van der Waals surface area contributed by atoms with Crippen molar-refractivity contribution in [3.05, 3.63) is 0 Å². The average Bonchev–Trinajstić information content (AvgIpc) is 2.88. The average molecular weight is 257 g/mol. The fourth-order valence-electron chi connectivity index (χ4n) is 2.33. The quantitative estimate of drug-likeness (QED) is 0.469. The maximum atomic E-state index is 5.95. The standard InChI is InChI=1S/C12H23N3OS/c13-12(15-6-9-17-10-7-15)14-5-8-16-11-3-1-2-4-11/h11H,1-10H2,(H2,13,14). The first kappa shape index (κ1) is 13.0. The summed E-state index contributed by atoms with van der Waals surface area (Å²) < 4.78 is 5.76. The van der Waals surface area contributed by atoms with Crippen LogP contribution in [0.4, 0.5) is 0 Å². The molecule has 2 aliphatic rings. The molecule has 1 saturated heterocycles. The monoisotopic (exact) mass is 257 g/mol. The van der Waals surface area contributed by atoms with Gasteiger partial charge in [0.25, 0.3) is 0 Å². The van der Waals surface area contributed by atoms with Crippen LogP contribution in [0.3, 0.4) is 0 Å². The van der Waals surface area contributed by atoms with E-state index in [0.29, 0.717) is 25.2 Å². The third-order valence-corrected chi connectivity index (χ3v) is 4.30. The van der Waals surface area contributed by atoms with Crippen molar-refractivity contribution >= 4 is 17.7 Å². The molecule has 98 valence electrons. The molecule has 0 bridgehead atoms. The van der Waals surface area contributed by atoms with Crippen molar-refractivity contribution in [3.63, 3.8) is 0 Å². The van der Waals surface area contributed by atoms with Crippen molar-refractivity contribution in [2.24, 2.45) is 10.7 Å². The molecule has 1 aliphatic carbocycles. The Labute approximate surface area is 108 Å². The van der Waals surface area contributed by atoms with E-state index in [9.17, 15) is 0 Å². The van der Waals surface area contributed by atoms with E-state index in [1.165, 1.54) is 25.7 Å². The van der Waals surface area contributed by atoms with Gasteiger partial charge in [0.2, 0.25) is 0 Å². The summed E-state index contributed by atoms with van der Waals surface area (Å²) in [5.41, 5.74) is 5.95. The minimum atomic E-state index is 0.484. The molecular formula is C12H23N3OS. The predicted octanol–water partition coefficient (Wildman–Crippen LogP) is 1.31. The van der Waals surface area contributed by atoms with Gasteiger partial charge >= 0.3 is 0 Å². The summed E-state index contributed by atoms with van der Waals surface area (Å²) in [5, 5.41) is 0. The minimum Gasteiger partial charge on any atom is -0.376 e. The largest absolute Gasteiger partial charge is 0.376 e. The number of guanidine groups is 1. The first-order valence-electron chi connectivity index (χ1n) is 6.60. The van der Waals surface area contributed by atoms with Gasteiger partial charge in [-0.2, -0.15) is 11.8 Å². The van der Waals surface area contributed by atoms with Gasteiger partial charge in [-0.3, -0.25) is 4.99 Å². The van der Waals surface area contributed by atoms with Gasteiger partial charge in [-0.05, 0) is 12.8 Å². The molecule has 0 aromatic rings. The van der Waals surface area contributed by atoms with E-state index in [1.54, 1.807) is 0 Å². The zero-order valence-electron chi connectivity index (χ0n) is 10.4. The molecule has 1 heterocycles. The third-order valence-electron chi connectivity index (χ3n) is 3.36. The van der Waals surface area contributed by atoms with E-state index in [1.807, 2.05) is 11.8 Å². The number of nitrogens with zero attached hydrogens (tertiary/aromatic N) is 2. The second kappa shape index (κ2) is 7.11. The highest BCUT2D eigenvalue weighted by Gasteiger charge is 2.15. The first-order valence-corrected chi connectivity index (χ1v) is 7.76. The van der Waals surface area contributed by atoms with Gasteiger partial charge in [-0.25, -0.2) is 0 Å². The molecule has 17 heavy (non-hydrogen) atoms. The third kappa shape index (κ3) is 4.39. The van der Waals surface area contributed by atoms with E-state index in [2.05, 4.69) is 9.89 Å². The summed E-state index contributed by atoms with van der Waals surface area (Å²) in [6.07, 6.45) is 5.58. The lowest BCUT2D eigenvalue weighted by Crippen LogP contribution is -2.42. The smallest absolute Gasteiger partial charge is 0.191 e. The SMILES string of the molecule is NC(=NCCOC1CCCC1)N1CCSCC1. The van der Waals surface area contributed by atoms with Crippen LogP contribution in [-0.2, 0) is 4.74 Å². The molecule has 0 aromatic carbocycles. The molecule has 2 fully saturated rings. The van der Waals surface area contributed by atoms with Gasteiger partial charge in [0.15, 0.2) is 5.96 Å². The lowest BCUT2D eigenvalue weighted by Gasteiger charge is -2.27. The fourth-order valence-corrected chi connectivity index (χ4v) is 3.23. The second-order valence-electron chi connectivity index (χ2n) is 4.62. The Hall–Kier alpha value is -0.420. The number of rotatable bonds is 4. The first-order chi connectivity index (χ1) is 8.36. The maximum absolute atomic E-state index is 5.95. The van der Waals surface area contributed by atoms with E-state index in [0.717, 1.165) is 24.6 Å². The number of nitrogens with two attached hydrogens (primary N) is 1.